The highest BCUT2D eigenvalue weighted by atomic mass is 35.5. The summed E-state index contributed by atoms with van der Waals surface area (Å²) in [6.07, 6.45) is 0. The van der Waals surface area contributed by atoms with Gasteiger partial charge in [0, 0.05) is 0 Å². The molecular weight excluding hydrogens is 274 g/mol. The van der Waals surface area contributed by atoms with Gasteiger partial charge in [-0.25, -0.2) is 4.98 Å². The minimum Gasteiger partial charge on any atom is -0.497 e. The summed E-state index contributed by atoms with van der Waals surface area (Å²) in [6.45, 7) is 2.01. The molecule has 1 aromatic heterocycles. The maximum Gasteiger partial charge on any atom is 0.205 e. The maximum atomic E-state index is 6.17. The summed E-state index contributed by atoms with van der Waals surface area (Å²) in [4.78, 5) is 4.35. The number of fused-ring (bicyclic) bond motifs is 1. The molecule has 0 amide bonds. The number of anilines is 1. The van der Waals surface area contributed by atoms with Gasteiger partial charge in [0.2, 0.25) is 5.95 Å². The molecular formula is C15H14ClN3O. The molecule has 1 heterocycles. The van der Waals surface area contributed by atoms with Gasteiger partial charge in [0.25, 0.3) is 0 Å². The number of benzene rings is 2. The smallest absolute Gasteiger partial charge is 0.205 e. The number of hydrogen-bond donors (Lipinski definition) is 1. The molecule has 0 saturated heterocycles. The zero-order chi connectivity index (χ0) is 14.3. The second-order valence-corrected chi connectivity index (χ2v) is 4.97. The first-order valence-electron chi connectivity index (χ1n) is 6.19. The Kier molecular flexibility index (Phi) is 3.03. The van der Waals surface area contributed by atoms with Crippen LogP contribution in [0.15, 0.2) is 36.4 Å². The second kappa shape index (κ2) is 4.72. The van der Waals surface area contributed by atoms with E-state index in [1.54, 1.807) is 7.11 Å². The molecule has 4 nitrogen and oxygen atoms in total. The van der Waals surface area contributed by atoms with E-state index in [4.69, 9.17) is 22.1 Å². The van der Waals surface area contributed by atoms with Crippen LogP contribution in [0.25, 0.3) is 16.7 Å². The Morgan fingerprint density at radius 1 is 1.25 bits per heavy atom. The number of aromatic nitrogens is 2. The molecule has 0 radical (unpaired) electrons. The van der Waals surface area contributed by atoms with E-state index in [2.05, 4.69) is 4.98 Å². The van der Waals surface area contributed by atoms with Crippen LogP contribution >= 0.6 is 11.6 Å². The van der Waals surface area contributed by atoms with Gasteiger partial charge >= 0.3 is 0 Å². The molecule has 3 rings (SSSR count). The summed E-state index contributed by atoms with van der Waals surface area (Å²) >= 11 is 6.17. The molecule has 0 aliphatic heterocycles. The van der Waals surface area contributed by atoms with E-state index < -0.39 is 0 Å². The predicted octanol–water partition coefficient (Wildman–Crippen LogP) is 3.58. The molecule has 102 valence electrons. The van der Waals surface area contributed by atoms with Crippen LogP contribution < -0.4 is 10.5 Å². The van der Waals surface area contributed by atoms with Gasteiger partial charge < -0.3 is 10.5 Å². The topological polar surface area (TPSA) is 53.1 Å². The third-order valence-electron chi connectivity index (χ3n) is 3.31. The lowest BCUT2D eigenvalue weighted by molar-refractivity contribution is 0.414. The van der Waals surface area contributed by atoms with Crippen molar-refractivity contribution in [2.45, 2.75) is 6.92 Å². The molecule has 20 heavy (non-hydrogen) atoms. The first-order valence-corrected chi connectivity index (χ1v) is 6.57. The molecule has 0 saturated carbocycles. The van der Waals surface area contributed by atoms with Crippen molar-refractivity contribution in [3.63, 3.8) is 0 Å². The lowest BCUT2D eigenvalue weighted by Gasteiger charge is -2.11. The first kappa shape index (κ1) is 12.8. The summed E-state index contributed by atoms with van der Waals surface area (Å²) in [5.74, 6) is 1.23. The van der Waals surface area contributed by atoms with E-state index in [-0.39, 0.29) is 0 Å². The molecule has 0 spiro atoms. The van der Waals surface area contributed by atoms with Crippen LogP contribution in [0.2, 0.25) is 5.02 Å². The Morgan fingerprint density at radius 2 is 2.05 bits per heavy atom. The van der Waals surface area contributed by atoms with Gasteiger partial charge in [-0.15, -0.1) is 0 Å². The van der Waals surface area contributed by atoms with Crippen molar-refractivity contribution in [2.24, 2.45) is 0 Å². The first-order chi connectivity index (χ1) is 9.61. The standard InChI is InChI=1S/C15H14ClN3O/c1-9-8-10(20-2)6-7-12(9)19-13-5-3-4-11(16)14(13)18-15(19)17/h3-8H,1-2H3,(H2,17,18). The zero-order valence-corrected chi connectivity index (χ0v) is 12.0. The zero-order valence-electron chi connectivity index (χ0n) is 11.2. The summed E-state index contributed by atoms with van der Waals surface area (Å²) < 4.78 is 7.13. The van der Waals surface area contributed by atoms with Crippen molar-refractivity contribution in [3.8, 4) is 11.4 Å². The van der Waals surface area contributed by atoms with Crippen molar-refractivity contribution in [1.82, 2.24) is 9.55 Å². The average molecular weight is 288 g/mol. The van der Waals surface area contributed by atoms with E-state index in [0.717, 1.165) is 22.5 Å². The molecule has 0 atom stereocenters. The van der Waals surface area contributed by atoms with Crippen LogP contribution in [-0.4, -0.2) is 16.7 Å². The number of halogens is 1. The molecule has 3 aromatic rings. The van der Waals surface area contributed by atoms with Gasteiger partial charge in [0.15, 0.2) is 0 Å². The van der Waals surface area contributed by atoms with E-state index in [1.165, 1.54) is 0 Å². The van der Waals surface area contributed by atoms with E-state index in [1.807, 2.05) is 47.9 Å². The lowest BCUT2D eigenvalue weighted by atomic mass is 10.2. The number of ether oxygens (including phenoxy) is 1. The summed E-state index contributed by atoms with van der Waals surface area (Å²) in [5.41, 5.74) is 9.67. The molecule has 0 fully saturated rings. The van der Waals surface area contributed by atoms with Gasteiger partial charge in [-0.1, -0.05) is 17.7 Å². The summed E-state index contributed by atoms with van der Waals surface area (Å²) in [5, 5.41) is 0.596. The fraction of sp³-hybridized carbons (Fsp3) is 0.133. The highest BCUT2D eigenvalue weighted by Crippen LogP contribution is 2.30. The molecule has 2 N–H and O–H groups in total. The van der Waals surface area contributed by atoms with E-state index in [9.17, 15) is 0 Å². The normalized spacial score (nSPS) is 10.9. The number of rotatable bonds is 2. The van der Waals surface area contributed by atoms with Crippen LogP contribution in [0, 0.1) is 6.92 Å². The van der Waals surface area contributed by atoms with Crippen LogP contribution in [0.5, 0.6) is 5.75 Å². The van der Waals surface area contributed by atoms with Crippen LogP contribution in [0.3, 0.4) is 0 Å². The summed E-state index contributed by atoms with van der Waals surface area (Å²) in [7, 11) is 1.65. The predicted molar refractivity (Wildman–Crippen MR) is 81.8 cm³/mol. The van der Waals surface area contributed by atoms with Crippen molar-refractivity contribution in [2.75, 3.05) is 12.8 Å². The van der Waals surface area contributed by atoms with Crippen molar-refractivity contribution in [1.29, 1.82) is 0 Å². The number of methoxy groups -OCH3 is 1. The van der Waals surface area contributed by atoms with Crippen LogP contribution in [-0.2, 0) is 0 Å². The van der Waals surface area contributed by atoms with Crippen molar-refractivity contribution < 1.29 is 4.74 Å². The van der Waals surface area contributed by atoms with Crippen molar-refractivity contribution >= 4 is 28.6 Å². The average Bonchev–Trinajstić information content (AvgIpc) is 2.77. The number of aryl methyl sites for hydroxylation is 1. The minimum absolute atomic E-state index is 0.418. The Hall–Kier alpha value is -2.20. The Labute approximate surface area is 121 Å². The third kappa shape index (κ3) is 1.89. The number of nitrogens with zero attached hydrogens (tertiary/aromatic N) is 2. The monoisotopic (exact) mass is 287 g/mol. The summed E-state index contributed by atoms with van der Waals surface area (Å²) in [6, 6.07) is 11.5. The van der Waals surface area contributed by atoms with Gasteiger partial charge in [-0.05, 0) is 42.8 Å². The fourth-order valence-corrected chi connectivity index (χ4v) is 2.55. The third-order valence-corrected chi connectivity index (χ3v) is 3.61. The number of nitrogen functional groups attached to an aromatic ring is 1. The largest absolute Gasteiger partial charge is 0.497 e. The van der Waals surface area contributed by atoms with E-state index >= 15 is 0 Å². The van der Waals surface area contributed by atoms with E-state index in [0.29, 0.717) is 16.5 Å². The molecule has 0 aliphatic carbocycles. The number of imidazole rings is 1. The molecule has 0 aliphatic rings. The molecule has 5 heteroatoms. The SMILES string of the molecule is COc1ccc(-n2c(N)nc3c(Cl)cccc32)c(C)c1. The second-order valence-electron chi connectivity index (χ2n) is 4.57. The van der Waals surface area contributed by atoms with Gasteiger partial charge in [-0.3, -0.25) is 4.57 Å². The number of nitrogens with two attached hydrogens (primary N) is 1. The Bertz CT molecular complexity index is 795. The Morgan fingerprint density at radius 3 is 2.75 bits per heavy atom. The lowest BCUT2D eigenvalue weighted by Crippen LogP contribution is -2.02. The number of hydrogen-bond acceptors (Lipinski definition) is 3. The number of para-hydroxylation sites is 1. The Balaban J connectivity index is 2.29. The van der Waals surface area contributed by atoms with Crippen molar-refractivity contribution in [3.05, 3.63) is 47.0 Å². The minimum atomic E-state index is 0.418. The van der Waals surface area contributed by atoms with Gasteiger partial charge in [-0.2, -0.15) is 0 Å². The fourth-order valence-electron chi connectivity index (χ4n) is 2.34. The highest BCUT2D eigenvalue weighted by molar-refractivity contribution is 6.35. The quantitative estimate of drug-likeness (QED) is 0.784. The maximum absolute atomic E-state index is 6.17. The van der Waals surface area contributed by atoms with Gasteiger partial charge in [0.1, 0.15) is 11.3 Å². The van der Waals surface area contributed by atoms with Gasteiger partial charge in [0.05, 0.1) is 23.3 Å². The molecule has 2 aromatic carbocycles. The molecule has 0 unspecified atom stereocenters. The highest BCUT2D eigenvalue weighted by Gasteiger charge is 2.13. The van der Waals surface area contributed by atoms with Crippen LogP contribution in [0.1, 0.15) is 5.56 Å². The molecule has 0 bridgehead atoms. The van der Waals surface area contributed by atoms with Crippen LogP contribution in [0.4, 0.5) is 5.95 Å².